The Morgan fingerprint density at radius 1 is 1.29 bits per heavy atom. The maximum atomic E-state index is 12.6. The van der Waals surface area contributed by atoms with E-state index in [9.17, 15) is 4.39 Å². The van der Waals surface area contributed by atoms with Gasteiger partial charge in [0.15, 0.2) is 0 Å². The van der Waals surface area contributed by atoms with E-state index >= 15 is 0 Å². The van der Waals surface area contributed by atoms with Crippen LogP contribution in [0.5, 0.6) is 0 Å². The Bertz CT molecular complexity index is 446. The first-order chi connectivity index (χ1) is 10.2. The van der Waals surface area contributed by atoms with Crippen molar-refractivity contribution in [3.63, 3.8) is 0 Å². The summed E-state index contributed by atoms with van der Waals surface area (Å²) in [6, 6.07) is 11.2. The Hall–Kier alpha value is -0.930. The molecule has 1 heterocycles. The van der Waals surface area contributed by atoms with Gasteiger partial charge in [0.1, 0.15) is 0 Å². The zero-order valence-corrected chi connectivity index (χ0v) is 13.0. The zero-order chi connectivity index (χ0) is 14.7. The molecule has 2 unspecified atom stereocenters. The smallest absolute Gasteiger partial charge is 0.0906 e. The van der Waals surface area contributed by atoms with Gasteiger partial charge in [-0.15, -0.1) is 0 Å². The number of hydrogen-bond donors (Lipinski definition) is 1. The molecular weight excluding hydrogens is 263 g/mol. The Morgan fingerprint density at radius 3 is 2.71 bits per heavy atom. The van der Waals surface area contributed by atoms with Gasteiger partial charge in [0.2, 0.25) is 0 Å². The monoisotopic (exact) mass is 290 g/mol. The lowest BCUT2D eigenvalue weighted by atomic mass is 9.88. The number of benzene rings is 1. The van der Waals surface area contributed by atoms with Crippen molar-refractivity contribution >= 4 is 0 Å². The van der Waals surface area contributed by atoms with Crippen LogP contribution in [0.25, 0.3) is 0 Å². The van der Waals surface area contributed by atoms with Gasteiger partial charge in [-0.05, 0) is 44.1 Å². The van der Waals surface area contributed by atoms with Crippen LogP contribution in [0.3, 0.4) is 0 Å². The lowest BCUT2D eigenvalue weighted by Crippen LogP contribution is -2.65. The van der Waals surface area contributed by atoms with E-state index in [0.29, 0.717) is 12.5 Å². The first-order valence-electron chi connectivity index (χ1n) is 8.31. The van der Waals surface area contributed by atoms with Crippen LogP contribution in [0.4, 0.5) is 4.39 Å². The molecule has 1 aliphatic carbocycles. The predicted molar refractivity (Wildman–Crippen MR) is 85.2 cm³/mol. The highest BCUT2D eigenvalue weighted by molar-refractivity contribution is 5.17. The van der Waals surface area contributed by atoms with E-state index in [0.717, 1.165) is 32.0 Å². The fraction of sp³-hybridized carbons (Fsp3) is 0.667. The second kappa shape index (κ2) is 6.45. The Balaban J connectivity index is 1.64. The van der Waals surface area contributed by atoms with Gasteiger partial charge in [0.25, 0.3) is 0 Å². The summed E-state index contributed by atoms with van der Waals surface area (Å²) in [7, 11) is 0. The van der Waals surface area contributed by atoms with Crippen LogP contribution in [-0.4, -0.2) is 42.8 Å². The van der Waals surface area contributed by atoms with Crippen LogP contribution < -0.4 is 5.32 Å². The lowest BCUT2D eigenvalue weighted by Gasteiger charge is -2.49. The van der Waals surface area contributed by atoms with E-state index < -0.39 is 0 Å². The molecule has 2 nitrogen and oxygen atoms in total. The quantitative estimate of drug-likeness (QED) is 0.866. The molecule has 2 aliphatic rings. The van der Waals surface area contributed by atoms with Crippen molar-refractivity contribution in [1.29, 1.82) is 0 Å². The SMILES string of the molecule is CC1(C2CC2)CNC(Cc2ccccc2)CN1CCCF. The van der Waals surface area contributed by atoms with Gasteiger partial charge >= 0.3 is 0 Å². The van der Waals surface area contributed by atoms with Crippen LogP contribution in [0, 0.1) is 5.92 Å². The van der Waals surface area contributed by atoms with Crippen molar-refractivity contribution in [2.75, 3.05) is 26.3 Å². The number of halogens is 1. The van der Waals surface area contributed by atoms with Crippen molar-refractivity contribution in [1.82, 2.24) is 10.2 Å². The molecule has 0 amide bonds. The van der Waals surface area contributed by atoms with Crippen molar-refractivity contribution in [3.05, 3.63) is 35.9 Å². The van der Waals surface area contributed by atoms with Gasteiger partial charge < -0.3 is 5.32 Å². The fourth-order valence-corrected chi connectivity index (χ4v) is 3.74. The van der Waals surface area contributed by atoms with Crippen LogP contribution in [0.1, 0.15) is 31.7 Å². The molecular formula is C18H27FN2. The molecule has 1 saturated heterocycles. The summed E-state index contributed by atoms with van der Waals surface area (Å²) >= 11 is 0. The molecule has 3 heteroatoms. The first kappa shape index (κ1) is 15.0. The highest BCUT2D eigenvalue weighted by Crippen LogP contribution is 2.44. The fourth-order valence-electron chi connectivity index (χ4n) is 3.74. The topological polar surface area (TPSA) is 15.3 Å². The zero-order valence-electron chi connectivity index (χ0n) is 13.0. The number of nitrogens with one attached hydrogen (secondary N) is 1. The largest absolute Gasteiger partial charge is 0.311 e. The van der Waals surface area contributed by atoms with Gasteiger partial charge in [-0.25, -0.2) is 0 Å². The summed E-state index contributed by atoms with van der Waals surface area (Å²) in [5, 5.41) is 3.75. The summed E-state index contributed by atoms with van der Waals surface area (Å²) in [6.45, 7) is 5.16. The molecule has 1 aromatic rings. The van der Waals surface area contributed by atoms with Crippen molar-refractivity contribution in [2.45, 2.75) is 44.2 Å². The molecule has 2 fully saturated rings. The lowest BCUT2D eigenvalue weighted by molar-refractivity contribution is 0.0326. The van der Waals surface area contributed by atoms with Gasteiger partial charge in [0, 0.05) is 31.2 Å². The number of rotatable bonds is 6. The Labute approximate surface area is 127 Å². The third kappa shape index (κ3) is 3.46. The molecule has 1 saturated carbocycles. The minimum absolute atomic E-state index is 0.200. The molecule has 0 bridgehead atoms. The van der Waals surface area contributed by atoms with Gasteiger partial charge in [-0.1, -0.05) is 30.3 Å². The average Bonchev–Trinajstić information content (AvgIpc) is 3.34. The van der Waals surface area contributed by atoms with Crippen LogP contribution in [0.2, 0.25) is 0 Å². The van der Waals surface area contributed by atoms with E-state index in [1.54, 1.807) is 0 Å². The third-order valence-corrected chi connectivity index (χ3v) is 5.26. The van der Waals surface area contributed by atoms with E-state index in [1.807, 2.05) is 0 Å². The maximum Gasteiger partial charge on any atom is 0.0906 e. The van der Waals surface area contributed by atoms with E-state index in [1.165, 1.54) is 18.4 Å². The number of nitrogens with zero attached hydrogens (tertiary/aromatic N) is 1. The highest BCUT2D eigenvalue weighted by atomic mass is 19.1. The normalized spacial score (nSPS) is 30.5. The number of hydrogen-bond acceptors (Lipinski definition) is 2. The summed E-state index contributed by atoms with van der Waals surface area (Å²) in [6.07, 6.45) is 4.41. The predicted octanol–water partition coefficient (Wildman–Crippen LogP) is 3.03. The van der Waals surface area contributed by atoms with E-state index in [4.69, 9.17) is 0 Å². The van der Waals surface area contributed by atoms with Crippen molar-refractivity contribution in [2.24, 2.45) is 5.92 Å². The molecule has 2 atom stereocenters. The molecule has 0 radical (unpaired) electrons. The van der Waals surface area contributed by atoms with Crippen LogP contribution in [-0.2, 0) is 6.42 Å². The summed E-state index contributed by atoms with van der Waals surface area (Å²) < 4.78 is 12.6. The standard InChI is InChI=1S/C18H27FN2/c1-18(16-8-9-16)14-20-17(13-21(18)11-5-10-19)12-15-6-3-2-4-7-15/h2-4,6-7,16-17,20H,5,8-14H2,1H3. The van der Waals surface area contributed by atoms with Gasteiger partial charge in [-0.2, -0.15) is 0 Å². The minimum atomic E-state index is -0.200. The average molecular weight is 290 g/mol. The van der Waals surface area contributed by atoms with Crippen molar-refractivity contribution < 1.29 is 4.39 Å². The summed E-state index contributed by atoms with van der Waals surface area (Å²) in [4.78, 5) is 2.56. The Morgan fingerprint density at radius 2 is 2.05 bits per heavy atom. The van der Waals surface area contributed by atoms with Gasteiger partial charge in [-0.3, -0.25) is 9.29 Å². The summed E-state index contributed by atoms with van der Waals surface area (Å²) in [5.74, 6) is 0.808. The second-order valence-corrected chi connectivity index (χ2v) is 6.89. The second-order valence-electron chi connectivity index (χ2n) is 6.89. The first-order valence-corrected chi connectivity index (χ1v) is 8.31. The minimum Gasteiger partial charge on any atom is -0.311 e. The molecule has 21 heavy (non-hydrogen) atoms. The molecule has 1 aliphatic heterocycles. The molecule has 116 valence electrons. The highest BCUT2D eigenvalue weighted by Gasteiger charge is 2.47. The molecule has 3 rings (SSSR count). The third-order valence-electron chi connectivity index (χ3n) is 5.26. The Kier molecular flexibility index (Phi) is 4.60. The van der Waals surface area contributed by atoms with E-state index in [2.05, 4.69) is 47.5 Å². The molecule has 0 aromatic heterocycles. The number of alkyl halides is 1. The van der Waals surface area contributed by atoms with E-state index in [-0.39, 0.29) is 12.2 Å². The van der Waals surface area contributed by atoms with Crippen LogP contribution in [0.15, 0.2) is 30.3 Å². The number of piperazine rings is 1. The molecule has 0 spiro atoms. The van der Waals surface area contributed by atoms with Crippen molar-refractivity contribution in [3.8, 4) is 0 Å². The maximum absolute atomic E-state index is 12.6. The van der Waals surface area contributed by atoms with Crippen LogP contribution >= 0.6 is 0 Å². The molecule has 1 aromatic carbocycles. The summed E-state index contributed by atoms with van der Waals surface area (Å²) in [5.41, 5.74) is 1.62. The van der Waals surface area contributed by atoms with Gasteiger partial charge in [0.05, 0.1) is 6.67 Å². The molecule has 1 N–H and O–H groups in total.